The molecule has 4 rings (SSSR count). The van der Waals surface area contributed by atoms with Crippen LogP contribution >= 0.6 is 11.6 Å². The Kier molecular flexibility index (Phi) is 6.95. The van der Waals surface area contributed by atoms with Gasteiger partial charge in [-0.1, -0.05) is 41.9 Å². The van der Waals surface area contributed by atoms with E-state index in [1.807, 2.05) is 0 Å². The van der Waals surface area contributed by atoms with Gasteiger partial charge in [0.05, 0.1) is 12.1 Å². The average molecular weight is 461 g/mol. The van der Waals surface area contributed by atoms with Gasteiger partial charge in [0.1, 0.15) is 30.5 Å². The molecule has 0 saturated carbocycles. The normalized spacial score (nSPS) is 14.0. The number of halogens is 2. The summed E-state index contributed by atoms with van der Waals surface area (Å²) in [6.07, 6.45) is 1.13. The minimum atomic E-state index is -0.895. The maximum atomic E-state index is 15.1. The highest BCUT2D eigenvalue weighted by molar-refractivity contribution is 6.32. The van der Waals surface area contributed by atoms with Gasteiger partial charge >= 0.3 is 0 Å². The molecule has 1 aliphatic rings. The van der Waals surface area contributed by atoms with E-state index in [4.69, 9.17) is 35.5 Å². The van der Waals surface area contributed by atoms with Gasteiger partial charge in [-0.15, -0.1) is 0 Å². The van der Waals surface area contributed by atoms with Crippen LogP contribution in [0.3, 0.4) is 0 Å². The molecule has 0 radical (unpaired) electrons. The third-order valence-electron chi connectivity index (χ3n) is 4.27. The molecule has 3 aromatic rings. The van der Waals surface area contributed by atoms with Crippen LogP contribution in [0.5, 0.6) is 23.3 Å². The number of hydrogen-bond donors (Lipinski definition) is 1. The highest BCUT2D eigenvalue weighted by atomic mass is 35.5. The van der Waals surface area contributed by atoms with Gasteiger partial charge in [-0.05, 0) is 23.4 Å². The highest BCUT2D eigenvalue weighted by Crippen LogP contribution is 2.35. The van der Waals surface area contributed by atoms with Gasteiger partial charge in [0.2, 0.25) is 11.7 Å². The molecule has 32 heavy (non-hydrogen) atoms. The highest BCUT2D eigenvalue weighted by Gasteiger charge is 2.27. The van der Waals surface area contributed by atoms with E-state index in [0.29, 0.717) is 23.8 Å². The number of hydroxylamine groups is 1. The van der Waals surface area contributed by atoms with Gasteiger partial charge < -0.3 is 23.9 Å². The number of nitrogens with one attached hydrogen (secondary N) is 1. The summed E-state index contributed by atoms with van der Waals surface area (Å²) in [5.41, 5.74) is 3.32. The molecule has 11 heteroatoms. The fourth-order valence-corrected chi connectivity index (χ4v) is 3.02. The summed E-state index contributed by atoms with van der Waals surface area (Å²) in [5, 5.41) is 4.23. The quantitative estimate of drug-likeness (QED) is 0.494. The summed E-state index contributed by atoms with van der Waals surface area (Å²) in [6.45, 7) is 0.661. The van der Waals surface area contributed by atoms with Gasteiger partial charge in [0.25, 0.3) is 11.8 Å². The summed E-state index contributed by atoms with van der Waals surface area (Å²) in [4.78, 5) is 17.9. The van der Waals surface area contributed by atoms with E-state index in [1.54, 1.807) is 48.5 Å². The molecule has 0 fully saturated rings. The molecule has 0 amide bonds. The van der Waals surface area contributed by atoms with Crippen molar-refractivity contribution in [3.8, 4) is 23.3 Å². The van der Waals surface area contributed by atoms with Crippen LogP contribution < -0.4 is 15.0 Å². The van der Waals surface area contributed by atoms with Crippen molar-refractivity contribution in [3.63, 3.8) is 0 Å². The predicted molar refractivity (Wildman–Crippen MR) is 112 cm³/mol. The van der Waals surface area contributed by atoms with Crippen molar-refractivity contribution in [3.05, 3.63) is 71.3 Å². The first kappa shape index (κ1) is 21.8. The standard InChI is InChI=1S/C21H18ClFN4O5/c1-28-26-18(21-27-30-11-10-29-21)13-6-2-4-8-15(13)31-19-17(23)20(25-12-24-19)32-16-9-5-3-7-14(16)22/h2-9,12,18,26H,10-11H2,1H3. The van der Waals surface area contributed by atoms with Crippen LogP contribution in [-0.2, 0) is 14.4 Å². The Balaban J connectivity index is 1.64. The van der Waals surface area contributed by atoms with Crippen LogP contribution in [0.2, 0.25) is 5.02 Å². The van der Waals surface area contributed by atoms with Crippen LogP contribution in [0.15, 0.2) is 60.0 Å². The van der Waals surface area contributed by atoms with E-state index in [2.05, 4.69) is 20.6 Å². The first-order valence-corrected chi connectivity index (χ1v) is 9.86. The second kappa shape index (κ2) is 10.2. The Morgan fingerprint density at radius 1 is 1.00 bits per heavy atom. The van der Waals surface area contributed by atoms with Crippen LogP contribution in [0.4, 0.5) is 4.39 Å². The van der Waals surface area contributed by atoms with Crippen molar-refractivity contribution in [2.45, 2.75) is 6.04 Å². The van der Waals surface area contributed by atoms with Crippen molar-refractivity contribution in [1.82, 2.24) is 15.4 Å². The topological polar surface area (TPSA) is 96.3 Å². The van der Waals surface area contributed by atoms with Crippen molar-refractivity contribution in [2.75, 3.05) is 20.3 Å². The van der Waals surface area contributed by atoms with Crippen molar-refractivity contribution in [2.24, 2.45) is 5.16 Å². The second-order valence-electron chi connectivity index (χ2n) is 6.34. The van der Waals surface area contributed by atoms with Crippen LogP contribution in [-0.4, -0.2) is 36.2 Å². The molecule has 166 valence electrons. The molecule has 1 aromatic heterocycles. The van der Waals surface area contributed by atoms with Crippen LogP contribution in [0.25, 0.3) is 0 Å². The monoisotopic (exact) mass is 460 g/mol. The molecule has 0 saturated heterocycles. The van der Waals surface area contributed by atoms with E-state index >= 15 is 4.39 Å². The Morgan fingerprint density at radius 2 is 1.69 bits per heavy atom. The van der Waals surface area contributed by atoms with Crippen molar-refractivity contribution in [1.29, 1.82) is 0 Å². The number of oxime groups is 1. The lowest BCUT2D eigenvalue weighted by Gasteiger charge is -2.23. The number of aromatic nitrogens is 2. The van der Waals surface area contributed by atoms with Gasteiger partial charge in [-0.3, -0.25) is 0 Å². The molecule has 1 aliphatic heterocycles. The second-order valence-corrected chi connectivity index (χ2v) is 6.74. The van der Waals surface area contributed by atoms with Crippen molar-refractivity contribution < 1.29 is 28.3 Å². The third-order valence-corrected chi connectivity index (χ3v) is 4.58. The molecule has 1 N–H and O–H groups in total. The Hall–Kier alpha value is -3.47. The Morgan fingerprint density at radius 3 is 2.38 bits per heavy atom. The number of nitrogens with zero attached hydrogens (tertiary/aromatic N) is 3. The number of ether oxygens (including phenoxy) is 3. The Labute approximate surface area is 187 Å². The number of benzene rings is 2. The minimum Gasteiger partial charge on any atom is -0.473 e. The molecule has 0 bridgehead atoms. The molecular formula is C21H18ClFN4O5. The SMILES string of the molecule is CONC(C1=NOCCO1)c1ccccc1Oc1ncnc(Oc2ccccc2Cl)c1F. The van der Waals surface area contributed by atoms with Crippen LogP contribution in [0.1, 0.15) is 11.6 Å². The fourth-order valence-electron chi connectivity index (χ4n) is 2.85. The fraction of sp³-hybridized carbons (Fsp3) is 0.190. The molecule has 2 heterocycles. The molecule has 0 aliphatic carbocycles. The van der Waals surface area contributed by atoms with Gasteiger partial charge in [-0.2, -0.15) is 19.8 Å². The van der Waals surface area contributed by atoms with E-state index < -0.39 is 11.9 Å². The summed E-state index contributed by atoms with van der Waals surface area (Å²) < 4.78 is 31.9. The lowest BCUT2D eigenvalue weighted by Crippen LogP contribution is -2.32. The first-order valence-electron chi connectivity index (χ1n) is 9.48. The first-order chi connectivity index (χ1) is 15.7. The summed E-state index contributed by atoms with van der Waals surface area (Å²) in [7, 11) is 1.45. The zero-order valence-corrected chi connectivity index (χ0v) is 17.6. The summed E-state index contributed by atoms with van der Waals surface area (Å²) in [6, 6.07) is 12.8. The molecule has 9 nitrogen and oxygen atoms in total. The lowest BCUT2D eigenvalue weighted by atomic mass is 10.1. The largest absolute Gasteiger partial charge is 0.473 e. The zero-order chi connectivity index (χ0) is 22.3. The molecular weight excluding hydrogens is 443 g/mol. The summed E-state index contributed by atoms with van der Waals surface area (Å²) >= 11 is 6.08. The molecule has 1 atom stereocenters. The lowest BCUT2D eigenvalue weighted by molar-refractivity contribution is 0.0356. The van der Waals surface area contributed by atoms with E-state index in [9.17, 15) is 0 Å². The van der Waals surface area contributed by atoms with Gasteiger partial charge in [-0.25, -0.2) is 0 Å². The van der Waals surface area contributed by atoms with Gasteiger partial charge in [0, 0.05) is 5.56 Å². The molecule has 2 aromatic carbocycles. The van der Waals surface area contributed by atoms with Crippen LogP contribution in [0, 0.1) is 5.82 Å². The number of hydrogen-bond acceptors (Lipinski definition) is 9. The Bertz CT molecular complexity index is 1120. The van der Waals surface area contributed by atoms with E-state index in [1.165, 1.54) is 7.11 Å². The molecule has 1 unspecified atom stereocenters. The third kappa shape index (κ3) is 4.88. The average Bonchev–Trinajstić information content (AvgIpc) is 2.82. The molecule has 0 spiro atoms. The zero-order valence-electron chi connectivity index (χ0n) is 16.8. The maximum Gasteiger partial charge on any atom is 0.263 e. The summed E-state index contributed by atoms with van der Waals surface area (Å²) in [5.74, 6) is -0.808. The minimum absolute atomic E-state index is 0.236. The smallest absolute Gasteiger partial charge is 0.263 e. The van der Waals surface area contributed by atoms with Crippen molar-refractivity contribution >= 4 is 17.5 Å². The van der Waals surface area contributed by atoms with E-state index in [-0.39, 0.29) is 29.2 Å². The maximum absolute atomic E-state index is 15.1. The number of rotatable bonds is 8. The number of para-hydroxylation sites is 2. The van der Waals surface area contributed by atoms with Gasteiger partial charge in [0.15, 0.2) is 6.61 Å². The van der Waals surface area contributed by atoms with E-state index in [0.717, 1.165) is 6.33 Å². The predicted octanol–water partition coefficient (Wildman–Crippen LogP) is 4.41.